The van der Waals surface area contributed by atoms with E-state index in [2.05, 4.69) is 6.92 Å². The molecule has 1 aliphatic rings. The maximum Gasteiger partial charge on any atom is 0.405 e. The first-order valence-electron chi connectivity index (χ1n) is 6.03. The molecule has 0 aromatic heterocycles. The third-order valence-corrected chi connectivity index (χ3v) is 4.39. The van der Waals surface area contributed by atoms with E-state index < -0.39 is 24.7 Å². The summed E-state index contributed by atoms with van der Waals surface area (Å²) in [5.41, 5.74) is 0. The van der Waals surface area contributed by atoms with Gasteiger partial charge in [0.25, 0.3) is 0 Å². The van der Waals surface area contributed by atoms with Crippen molar-refractivity contribution in [1.29, 1.82) is 0 Å². The molecular weight excluding hydrogens is 265 g/mol. The van der Waals surface area contributed by atoms with Crippen molar-refractivity contribution in [3.63, 3.8) is 0 Å². The topological polar surface area (TPSA) is 32.3 Å². The van der Waals surface area contributed by atoms with Crippen molar-refractivity contribution in [2.75, 3.05) is 25.4 Å². The number of carbonyl (C=O) groups excluding carboxylic acids is 1. The summed E-state index contributed by atoms with van der Waals surface area (Å²) in [6.45, 7) is 4.00. The van der Waals surface area contributed by atoms with Gasteiger partial charge in [-0.15, -0.1) is 0 Å². The second-order valence-corrected chi connectivity index (χ2v) is 5.81. The van der Waals surface area contributed by atoms with Crippen molar-refractivity contribution in [3.8, 4) is 0 Å². The van der Waals surface area contributed by atoms with Crippen molar-refractivity contribution in [1.82, 2.24) is 10.2 Å². The molecule has 0 aromatic rings. The minimum absolute atomic E-state index is 0.469. The van der Waals surface area contributed by atoms with E-state index in [-0.39, 0.29) is 0 Å². The fourth-order valence-electron chi connectivity index (χ4n) is 1.84. The summed E-state index contributed by atoms with van der Waals surface area (Å²) in [6, 6.07) is -0.498. The van der Waals surface area contributed by atoms with Gasteiger partial charge in [-0.3, -0.25) is 9.69 Å². The van der Waals surface area contributed by atoms with Gasteiger partial charge in [0.15, 0.2) is 0 Å². The standard InChI is InChI=1S/C11H19F3N2OS/c1-3-9-6-16(4-5-18-9)8(2)10(17)15-7-11(12,13)14/h8-9H,3-7H2,1-2H3,(H,15,17)/t8-,9-/m1/s1. The molecule has 1 amide bonds. The summed E-state index contributed by atoms with van der Waals surface area (Å²) in [4.78, 5) is 13.6. The van der Waals surface area contributed by atoms with Gasteiger partial charge < -0.3 is 5.32 Å². The van der Waals surface area contributed by atoms with Crippen LogP contribution >= 0.6 is 11.8 Å². The van der Waals surface area contributed by atoms with Crippen molar-refractivity contribution >= 4 is 17.7 Å². The van der Waals surface area contributed by atoms with Crippen molar-refractivity contribution in [3.05, 3.63) is 0 Å². The highest BCUT2D eigenvalue weighted by Gasteiger charge is 2.31. The Morgan fingerprint density at radius 2 is 2.22 bits per heavy atom. The average molecular weight is 284 g/mol. The minimum atomic E-state index is -4.35. The monoisotopic (exact) mass is 284 g/mol. The highest BCUT2D eigenvalue weighted by atomic mass is 32.2. The molecule has 1 rings (SSSR count). The molecule has 1 fully saturated rings. The minimum Gasteiger partial charge on any atom is -0.346 e. The van der Waals surface area contributed by atoms with Gasteiger partial charge in [0, 0.05) is 24.1 Å². The molecule has 0 aliphatic carbocycles. The summed E-state index contributed by atoms with van der Waals surface area (Å²) in [7, 11) is 0. The van der Waals surface area contributed by atoms with E-state index in [9.17, 15) is 18.0 Å². The predicted octanol–water partition coefficient (Wildman–Crippen LogP) is 1.88. The first kappa shape index (κ1) is 15.6. The molecule has 0 aromatic carbocycles. The van der Waals surface area contributed by atoms with Crippen LogP contribution in [-0.2, 0) is 4.79 Å². The number of amides is 1. The van der Waals surface area contributed by atoms with Crippen LogP contribution in [0, 0.1) is 0 Å². The molecule has 3 nitrogen and oxygen atoms in total. The second-order valence-electron chi connectivity index (χ2n) is 4.40. The number of alkyl halides is 3. The van der Waals surface area contributed by atoms with Gasteiger partial charge in [-0.25, -0.2) is 0 Å². The van der Waals surface area contributed by atoms with Crippen LogP contribution in [0.1, 0.15) is 20.3 Å². The van der Waals surface area contributed by atoms with Gasteiger partial charge in [-0.1, -0.05) is 6.92 Å². The number of thioether (sulfide) groups is 1. The third-order valence-electron chi connectivity index (χ3n) is 3.02. The molecule has 2 atom stereocenters. The lowest BCUT2D eigenvalue weighted by Crippen LogP contribution is -2.51. The highest BCUT2D eigenvalue weighted by molar-refractivity contribution is 8.00. The van der Waals surface area contributed by atoms with Crippen LogP contribution in [0.5, 0.6) is 0 Å². The Morgan fingerprint density at radius 3 is 2.78 bits per heavy atom. The maximum atomic E-state index is 12.0. The maximum absolute atomic E-state index is 12.0. The number of hydrogen-bond donors (Lipinski definition) is 1. The molecule has 106 valence electrons. The molecule has 0 spiro atoms. The molecule has 0 unspecified atom stereocenters. The van der Waals surface area contributed by atoms with E-state index in [0.29, 0.717) is 5.25 Å². The van der Waals surface area contributed by atoms with E-state index in [1.807, 2.05) is 22.0 Å². The van der Waals surface area contributed by atoms with Crippen LogP contribution in [0.2, 0.25) is 0 Å². The van der Waals surface area contributed by atoms with Crippen molar-refractivity contribution in [2.45, 2.75) is 37.7 Å². The predicted molar refractivity (Wildman–Crippen MR) is 66.6 cm³/mol. The number of halogens is 3. The first-order chi connectivity index (χ1) is 8.33. The molecule has 0 radical (unpaired) electrons. The largest absolute Gasteiger partial charge is 0.405 e. The second kappa shape index (κ2) is 6.65. The number of nitrogens with zero attached hydrogens (tertiary/aromatic N) is 1. The molecule has 1 N–H and O–H groups in total. The molecule has 18 heavy (non-hydrogen) atoms. The zero-order valence-corrected chi connectivity index (χ0v) is 11.4. The summed E-state index contributed by atoms with van der Waals surface area (Å²) in [5.74, 6) is 0.379. The molecule has 0 bridgehead atoms. The fourth-order valence-corrected chi connectivity index (χ4v) is 3.05. The van der Waals surface area contributed by atoms with E-state index in [0.717, 1.165) is 25.3 Å². The molecule has 7 heteroatoms. The number of rotatable bonds is 4. The third kappa shape index (κ3) is 5.06. The highest BCUT2D eigenvalue weighted by Crippen LogP contribution is 2.22. The Kier molecular flexibility index (Phi) is 5.78. The van der Waals surface area contributed by atoms with Crippen LogP contribution in [0.4, 0.5) is 13.2 Å². The Balaban J connectivity index is 2.42. The lowest BCUT2D eigenvalue weighted by atomic mass is 10.2. The van der Waals surface area contributed by atoms with Gasteiger partial charge in [-0.2, -0.15) is 24.9 Å². The van der Waals surface area contributed by atoms with E-state index >= 15 is 0 Å². The van der Waals surface area contributed by atoms with E-state index in [4.69, 9.17) is 0 Å². The van der Waals surface area contributed by atoms with Crippen LogP contribution in [-0.4, -0.2) is 53.7 Å². The van der Waals surface area contributed by atoms with Gasteiger partial charge in [0.2, 0.25) is 5.91 Å². The molecular formula is C11H19F3N2OS. The van der Waals surface area contributed by atoms with Crippen LogP contribution < -0.4 is 5.32 Å². The Hall–Kier alpha value is -0.430. The lowest BCUT2D eigenvalue weighted by molar-refractivity contribution is -0.141. The van der Waals surface area contributed by atoms with Gasteiger partial charge in [-0.05, 0) is 13.3 Å². The Labute approximate surface area is 109 Å². The van der Waals surface area contributed by atoms with E-state index in [1.165, 1.54) is 0 Å². The molecule has 0 saturated carbocycles. The van der Waals surface area contributed by atoms with Crippen LogP contribution in [0.3, 0.4) is 0 Å². The zero-order chi connectivity index (χ0) is 13.8. The fraction of sp³-hybridized carbons (Fsp3) is 0.909. The quantitative estimate of drug-likeness (QED) is 0.855. The number of nitrogens with one attached hydrogen (secondary N) is 1. The smallest absolute Gasteiger partial charge is 0.346 e. The van der Waals surface area contributed by atoms with Crippen molar-refractivity contribution in [2.24, 2.45) is 0 Å². The lowest BCUT2D eigenvalue weighted by Gasteiger charge is -2.35. The average Bonchev–Trinajstić information content (AvgIpc) is 2.34. The van der Waals surface area contributed by atoms with Gasteiger partial charge >= 0.3 is 6.18 Å². The van der Waals surface area contributed by atoms with E-state index in [1.54, 1.807) is 6.92 Å². The summed E-state index contributed by atoms with van der Waals surface area (Å²) < 4.78 is 36.0. The summed E-state index contributed by atoms with van der Waals surface area (Å²) in [6.07, 6.45) is -3.34. The number of carbonyl (C=O) groups is 1. The molecule has 1 heterocycles. The summed E-state index contributed by atoms with van der Waals surface area (Å²) in [5, 5.41) is 2.41. The van der Waals surface area contributed by atoms with Gasteiger partial charge in [0.05, 0.1) is 6.04 Å². The number of hydrogen-bond acceptors (Lipinski definition) is 3. The normalized spacial score (nSPS) is 23.7. The van der Waals surface area contributed by atoms with Crippen molar-refractivity contribution < 1.29 is 18.0 Å². The van der Waals surface area contributed by atoms with Crippen LogP contribution in [0.15, 0.2) is 0 Å². The Bertz CT molecular complexity index is 286. The zero-order valence-electron chi connectivity index (χ0n) is 10.6. The van der Waals surface area contributed by atoms with Crippen LogP contribution in [0.25, 0.3) is 0 Å². The Morgan fingerprint density at radius 1 is 1.56 bits per heavy atom. The molecule has 1 saturated heterocycles. The first-order valence-corrected chi connectivity index (χ1v) is 7.08. The molecule has 1 aliphatic heterocycles. The SMILES string of the molecule is CC[C@@H]1CN([C@H](C)C(=O)NCC(F)(F)F)CCS1. The summed E-state index contributed by atoms with van der Waals surface area (Å²) >= 11 is 1.86. The van der Waals surface area contributed by atoms with Gasteiger partial charge in [0.1, 0.15) is 6.54 Å².